The minimum absolute atomic E-state index is 0.325. The van der Waals surface area contributed by atoms with E-state index in [1.165, 1.54) is 23.7 Å². The third kappa shape index (κ3) is 5.53. The molecule has 0 aliphatic heterocycles. The Labute approximate surface area is 115 Å². The van der Waals surface area contributed by atoms with Crippen molar-refractivity contribution < 1.29 is 4.43 Å². The molecule has 2 atom stereocenters. The first-order valence-corrected chi connectivity index (χ1v) is 9.90. The van der Waals surface area contributed by atoms with Crippen LogP contribution < -0.4 is 0 Å². The molecule has 0 saturated heterocycles. The van der Waals surface area contributed by atoms with Crippen LogP contribution in [0.5, 0.6) is 0 Å². The smallest absolute Gasteiger partial charge is 0.192 e. The summed E-state index contributed by atoms with van der Waals surface area (Å²) in [7, 11) is -1.51. The Bertz CT molecular complexity index is 248. The maximum atomic E-state index is 6.62. The van der Waals surface area contributed by atoms with Crippen molar-refractivity contribution in [1.29, 1.82) is 0 Å². The molecule has 0 aromatic rings. The summed E-state index contributed by atoms with van der Waals surface area (Å²) in [6.07, 6.45) is 4.34. The van der Waals surface area contributed by atoms with Crippen molar-refractivity contribution in [2.24, 2.45) is 5.92 Å². The zero-order valence-corrected chi connectivity index (χ0v) is 14.1. The molecule has 0 aromatic heterocycles. The Morgan fingerprint density at radius 2 is 1.72 bits per heavy atom. The molecule has 0 unspecified atom stereocenters. The number of hydrogen-bond donors (Lipinski definition) is 0. The molecule has 0 aliphatic rings. The van der Waals surface area contributed by atoms with Crippen LogP contribution in [0, 0.1) is 5.92 Å². The van der Waals surface area contributed by atoms with E-state index in [0.29, 0.717) is 12.0 Å². The maximum absolute atomic E-state index is 6.62. The van der Waals surface area contributed by atoms with Crippen LogP contribution in [0.15, 0.2) is 24.8 Å². The van der Waals surface area contributed by atoms with Gasteiger partial charge in [-0.25, -0.2) is 0 Å². The Morgan fingerprint density at radius 1 is 1.22 bits per heavy atom. The molecule has 0 fully saturated rings. The van der Waals surface area contributed by atoms with Gasteiger partial charge in [-0.1, -0.05) is 39.3 Å². The highest BCUT2D eigenvalue weighted by atomic mass is 28.4. The zero-order chi connectivity index (χ0) is 14.2. The normalized spacial score (nSPS) is 15.2. The highest BCUT2D eigenvalue weighted by Crippen LogP contribution is 2.29. The summed E-state index contributed by atoms with van der Waals surface area (Å²) in [6, 6.07) is 3.65. The van der Waals surface area contributed by atoms with Crippen LogP contribution >= 0.6 is 0 Å². The summed E-state index contributed by atoms with van der Waals surface area (Å²) in [5.74, 6) is 0.539. The monoisotopic (exact) mass is 268 g/mol. The van der Waals surface area contributed by atoms with Gasteiger partial charge in [-0.15, -0.1) is 13.2 Å². The van der Waals surface area contributed by atoms with Gasteiger partial charge in [-0.3, -0.25) is 0 Å². The Morgan fingerprint density at radius 3 is 2.06 bits per heavy atom. The van der Waals surface area contributed by atoms with Gasteiger partial charge in [0.05, 0.1) is 6.10 Å². The first-order chi connectivity index (χ1) is 8.44. The Hall–Kier alpha value is -0.343. The van der Waals surface area contributed by atoms with Crippen molar-refractivity contribution in [3.63, 3.8) is 0 Å². The summed E-state index contributed by atoms with van der Waals surface area (Å²) >= 11 is 0. The average Bonchev–Trinajstić information content (AvgIpc) is 2.34. The molecule has 0 heterocycles. The largest absolute Gasteiger partial charge is 0.413 e. The van der Waals surface area contributed by atoms with Crippen LogP contribution in [0.4, 0.5) is 0 Å². The highest BCUT2D eigenvalue weighted by molar-refractivity contribution is 6.73. The van der Waals surface area contributed by atoms with Gasteiger partial charge in [0, 0.05) is 0 Å². The average molecular weight is 269 g/mol. The lowest BCUT2D eigenvalue weighted by molar-refractivity contribution is 0.132. The summed E-state index contributed by atoms with van der Waals surface area (Å²) in [6.45, 7) is 19.1. The van der Waals surface area contributed by atoms with E-state index >= 15 is 0 Å². The Balaban J connectivity index is 4.77. The predicted molar refractivity (Wildman–Crippen MR) is 85.5 cm³/mol. The third-order valence-corrected chi connectivity index (χ3v) is 8.71. The molecule has 106 valence electrons. The fraction of sp³-hybridized carbons (Fsp3) is 0.750. The molecule has 0 rings (SSSR count). The van der Waals surface area contributed by atoms with E-state index in [-0.39, 0.29) is 0 Å². The molecule has 0 N–H and O–H groups in total. The molecule has 0 aliphatic carbocycles. The van der Waals surface area contributed by atoms with E-state index in [2.05, 4.69) is 47.8 Å². The van der Waals surface area contributed by atoms with E-state index in [1.54, 1.807) is 0 Å². The van der Waals surface area contributed by atoms with Gasteiger partial charge in [0.2, 0.25) is 0 Å². The van der Waals surface area contributed by atoms with Gasteiger partial charge in [0.15, 0.2) is 8.32 Å². The molecular weight excluding hydrogens is 236 g/mol. The molecule has 0 saturated carbocycles. The summed E-state index contributed by atoms with van der Waals surface area (Å²) in [4.78, 5) is 0. The minimum atomic E-state index is -1.51. The fourth-order valence-corrected chi connectivity index (χ4v) is 5.53. The molecule has 18 heavy (non-hydrogen) atoms. The van der Waals surface area contributed by atoms with Crippen LogP contribution in [0.3, 0.4) is 0 Å². The van der Waals surface area contributed by atoms with Crippen molar-refractivity contribution in [2.75, 3.05) is 0 Å². The molecule has 1 nitrogen and oxygen atoms in total. The highest BCUT2D eigenvalue weighted by Gasteiger charge is 2.33. The van der Waals surface area contributed by atoms with Gasteiger partial charge >= 0.3 is 0 Å². The molecule has 0 bridgehead atoms. The zero-order valence-electron chi connectivity index (χ0n) is 13.1. The third-order valence-electron chi connectivity index (χ3n) is 4.04. The van der Waals surface area contributed by atoms with Gasteiger partial charge in [0.1, 0.15) is 0 Å². The second-order valence-corrected chi connectivity index (χ2v) is 10.3. The lowest BCUT2D eigenvalue weighted by Crippen LogP contribution is -2.42. The molecule has 0 amide bonds. The second kappa shape index (κ2) is 8.71. The lowest BCUT2D eigenvalue weighted by Gasteiger charge is -2.36. The topological polar surface area (TPSA) is 9.23 Å². The summed E-state index contributed by atoms with van der Waals surface area (Å²) in [5.41, 5.74) is 1.25. The maximum Gasteiger partial charge on any atom is 0.192 e. The number of allylic oxidation sites excluding steroid dienone is 1. The van der Waals surface area contributed by atoms with E-state index in [1.807, 2.05) is 6.08 Å². The summed E-state index contributed by atoms with van der Waals surface area (Å²) in [5, 5.41) is 0. The van der Waals surface area contributed by atoms with Crippen molar-refractivity contribution >= 4 is 8.32 Å². The standard InChI is InChI=1S/C16H32OSi/c1-8-12-16(15(7)13-14(5)6)17-18(9-2,10-3)11-4/h8,15-16H,1,5,9-13H2,2-4,6-7H3/t15-,16+/m0/s1. The number of hydrogen-bond acceptors (Lipinski definition) is 1. The van der Waals surface area contributed by atoms with Gasteiger partial charge in [-0.2, -0.15) is 0 Å². The van der Waals surface area contributed by atoms with Crippen LogP contribution in [0.2, 0.25) is 18.1 Å². The predicted octanol–water partition coefficient (Wildman–Crippen LogP) is 5.56. The van der Waals surface area contributed by atoms with Crippen LogP contribution in [0.25, 0.3) is 0 Å². The van der Waals surface area contributed by atoms with Crippen LogP contribution in [0.1, 0.15) is 47.5 Å². The van der Waals surface area contributed by atoms with Crippen molar-refractivity contribution in [3.8, 4) is 0 Å². The fourth-order valence-electron chi connectivity index (χ4n) is 2.56. The second-order valence-electron chi connectivity index (χ2n) is 5.56. The van der Waals surface area contributed by atoms with E-state index in [9.17, 15) is 0 Å². The van der Waals surface area contributed by atoms with Crippen LogP contribution in [-0.2, 0) is 4.43 Å². The first kappa shape index (κ1) is 17.7. The molecule has 0 aromatic carbocycles. The van der Waals surface area contributed by atoms with Gasteiger partial charge in [0.25, 0.3) is 0 Å². The molecule has 0 spiro atoms. The van der Waals surface area contributed by atoms with Gasteiger partial charge < -0.3 is 4.43 Å². The minimum Gasteiger partial charge on any atom is -0.413 e. The van der Waals surface area contributed by atoms with Crippen molar-refractivity contribution in [3.05, 3.63) is 24.8 Å². The Kier molecular flexibility index (Phi) is 8.54. The number of rotatable bonds is 10. The van der Waals surface area contributed by atoms with Crippen LogP contribution in [-0.4, -0.2) is 14.4 Å². The van der Waals surface area contributed by atoms with Crippen molar-refractivity contribution in [1.82, 2.24) is 0 Å². The van der Waals surface area contributed by atoms with E-state index in [4.69, 9.17) is 4.43 Å². The molecule has 2 heteroatoms. The molecule has 0 radical (unpaired) electrons. The van der Waals surface area contributed by atoms with E-state index < -0.39 is 8.32 Å². The lowest BCUT2D eigenvalue weighted by atomic mass is 9.95. The quantitative estimate of drug-likeness (QED) is 0.372. The SMILES string of the molecule is C=CC[C@@H](O[Si](CC)(CC)CC)[C@@H](C)CC(=C)C. The van der Waals surface area contributed by atoms with Gasteiger partial charge in [-0.05, 0) is 43.8 Å². The molecular formula is C16H32OSi. The van der Waals surface area contributed by atoms with Crippen molar-refractivity contribution in [2.45, 2.75) is 71.7 Å². The van der Waals surface area contributed by atoms with E-state index in [0.717, 1.165) is 12.8 Å². The first-order valence-electron chi connectivity index (χ1n) is 7.37. The summed E-state index contributed by atoms with van der Waals surface area (Å²) < 4.78 is 6.62.